The van der Waals surface area contributed by atoms with Gasteiger partial charge in [0.2, 0.25) is 0 Å². The largest absolute Gasteiger partial charge is 0.492 e. The second-order valence-electron chi connectivity index (χ2n) is 7.11. The summed E-state index contributed by atoms with van der Waals surface area (Å²) in [5.74, 6) is 0.721. The van der Waals surface area contributed by atoms with Crippen LogP contribution in [0.15, 0.2) is 76.3 Å². The number of ether oxygens (including phenoxy) is 3. The highest BCUT2D eigenvalue weighted by Gasteiger charge is 2.07. The van der Waals surface area contributed by atoms with Crippen LogP contribution in [0.2, 0.25) is 10.0 Å². The molecule has 0 atom stereocenters. The second-order valence-corrected chi connectivity index (χ2v) is 8.86. The second kappa shape index (κ2) is 13.7. The normalized spacial score (nSPS) is 10.7. The molecule has 1 amide bonds. The lowest BCUT2D eigenvalue weighted by atomic mass is 10.2. The molecule has 0 bridgehead atoms. The molecule has 0 unspecified atom stereocenters. The highest BCUT2D eigenvalue weighted by Crippen LogP contribution is 2.27. The zero-order valence-corrected chi connectivity index (χ0v) is 21.5. The van der Waals surface area contributed by atoms with Crippen molar-refractivity contribution in [3.05, 3.63) is 86.8 Å². The summed E-state index contributed by atoms with van der Waals surface area (Å²) in [7, 11) is 0. The van der Waals surface area contributed by atoms with Crippen LogP contribution in [0.3, 0.4) is 0 Å². The number of benzene rings is 3. The van der Waals surface area contributed by atoms with E-state index in [0.717, 1.165) is 4.47 Å². The van der Waals surface area contributed by atoms with Gasteiger partial charge in [0.15, 0.2) is 6.61 Å². The van der Waals surface area contributed by atoms with E-state index < -0.39 is 5.91 Å². The lowest BCUT2D eigenvalue weighted by Gasteiger charge is -2.08. The molecule has 0 aliphatic carbocycles. The van der Waals surface area contributed by atoms with Crippen molar-refractivity contribution in [3.63, 3.8) is 0 Å². The van der Waals surface area contributed by atoms with Gasteiger partial charge in [-0.15, -0.1) is 0 Å². The summed E-state index contributed by atoms with van der Waals surface area (Å²) >= 11 is 15.2. The molecule has 0 radical (unpaired) electrons. The topological polar surface area (TPSA) is 86.2 Å². The number of hydrogen-bond donors (Lipinski definition) is 1. The Labute approximate surface area is 221 Å². The van der Waals surface area contributed by atoms with Gasteiger partial charge in [0.1, 0.15) is 17.2 Å². The van der Waals surface area contributed by atoms with Gasteiger partial charge in [0, 0.05) is 15.9 Å². The average Bonchev–Trinajstić information content (AvgIpc) is 2.84. The predicted molar refractivity (Wildman–Crippen MR) is 139 cm³/mol. The Kier molecular flexibility index (Phi) is 10.4. The van der Waals surface area contributed by atoms with Crippen molar-refractivity contribution >= 4 is 57.2 Å². The Morgan fingerprint density at radius 1 is 0.943 bits per heavy atom. The van der Waals surface area contributed by atoms with Crippen LogP contribution in [-0.2, 0) is 9.59 Å². The van der Waals surface area contributed by atoms with Gasteiger partial charge in [-0.3, -0.25) is 9.59 Å². The third kappa shape index (κ3) is 9.60. The first kappa shape index (κ1) is 26.5. The average molecular weight is 580 g/mol. The summed E-state index contributed by atoms with van der Waals surface area (Å²) < 4.78 is 17.2. The van der Waals surface area contributed by atoms with E-state index in [1.165, 1.54) is 6.21 Å². The fourth-order valence-electron chi connectivity index (χ4n) is 2.69. The van der Waals surface area contributed by atoms with Crippen molar-refractivity contribution in [2.24, 2.45) is 5.10 Å². The fraction of sp³-hybridized carbons (Fsp3) is 0.160. The Morgan fingerprint density at radius 2 is 1.66 bits per heavy atom. The monoisotopic (exact) mass is 578 g/mol. The van der Waals surface area contributed by atoms with Gasteiger partial charge in [-0.25, -0.2) is 5.43 Å². The molecule has 35 heavy (non-hydrogen) atoms. The molecule has 10 heteroatoms. The van der Waals surface area contributed by atoms with E-state index in [1.807, 2.05) is 12.1 Å². The molecule has 0 aliphatic heterocycles. The van der Waals surface area contributed by atoms with Gasteiger partial charge in [-0.2, -0.15) is 5.10 Å². The van der Waals surface area contributed by atoms with Crippen LogP contribution in [0.1, 0.15) is 18.4 Å². The number of nitrogens with one attached hydrogen (secondary N) is 1. The standard InChI is InChI=1S/C25H21BrCl2N2O5/c26-18-5-10-20(11-6-18)34-16-24(31)30-29-15-17-3-8-21(9-4-17)35-25(32)2-1-13-33-23-12-7-19(27)14-22(23)28/h3-12,14-15H,1-2,13,16H2,(H,30,31)/b29-15+. The zero-order chi connectivity index (χ0) is 25.0. The van der Waals surface area contributed by atoms with Crippen LogP contribution in [0, 0.1) is 0 Å². The van der Waals surface area contributed by atoms with Crippen LogP contribution in [0.4, 0.5) is 0 Å². The molecule has 0 aromatic heterocycles. The van der Waals surface area contributed by atoms with Gasteiger partial charge < -0.3 is 14.2 Å². The number of hydrogen-bond acceptors (Lipinski definition) is 6. The van der Waals surface area contributed by atoms with Gasteiger partial charge in [-0.1, -0.05) is 39.1 Å². The van der Waals surface area contributed by atoms with Gasteiger partial charge in [-0.05, 0) is 78.7 Å². The fourth-order valence-corrected chi connectivity index (χ4v) is 3.41. The molecule has 0 spiro atoms. The molecule has 182 valence electrons. The molecule has 3 aromatic carbocycles. The summed E-state index contributed by atoms with van der Waals surface area (Å²) in [6.07, 6.45) is 2.12. The van der Waals surface area contributed by atoms with E-state index in [1.54, 1.807) is 54.6 Å². The molecular weight excluding hydrogens is 559 g/mol. The number of amides is 1. The van der Waals surface area contributed by atoms with E-state index in [0.29, 0.717) is 45.9 Å². The van der Waals surface area contributed by atoms with E-state index in [4.69, 9.17) is 37.4 Å². The number of nitrogens with zero attached hydrogens (tertiary/aromatic N) is 1. The minimum atomic E-state index is -0.392. The van der Waals surface area contributed by atoms with Crippen LogP contribution in [0.25, 0.3) is 0 Å². The summed E-state index contributed by atoms with van der Waals surface area (Å²) in [5, 5.41) is 4.83. The lowest BCUT2D eigenvalue weighted by molar-refractivity contribution is -0.134. The Morgan fingerprint density at radius 3 is 2.37 bits per heavy atom. The van der Waals surface area contributed by atoms with Crippen molar-refractivity contribution in [3.8, 4) is 17.2 Å². The number of halogens is 3. The zero-order valence-electron chi connectivity index (χ0n) is 18.4. The maximum Gasteiger partial charge on any atom is 0.311 e. The van der Waals surface area contributed by atoms with Crippen LogP contribution >= 0.6 is 39.1 Å². The molecular formula is C25H21BrCl2N2O5. The van der Waals surface area contributed by atoms with Crippen molar-refractivity contribution < 1.29 is 23.8 Å². The number of carbonyl (C=O) groups is 2. The predicted octanol–water partition coefficient (Wildman–Crippen LogP) is 6.05. The van der Waals surface area contributed by atoms with Crippen molar-refractivity contribution in [2.75, 3.05) is 13.2 Å². The van der Waals surface area contributed by atoms with E-state index in [2.05, 4.69) is 26.5 Å². The van der Waals surface area contributed by atoms with E-state index in [9.17, 15) is 9.59 Å². The first-order valence-electron chi connectivity index (χ1n) is 10.5. The van der Waals surface area contributed by atoms with E-state index >= 15 is 0 Å². The maximum absolute atomic E-state index is 12.0. The summed E-state index contributed by atoms with van der Waals surface area (Å²) in [6, 6.07) is 18.8. The lowest BCUT2D eigenvalue weighted by Crippen LogP contribution is -2.24. The Balaban J connectivity index is 1.34. The molecule has 3 rings (SSSR count). The summed E-state index contributed by atoms with van der Waals surface area (Å²) in [6.45, 7) is 0.150. The Hall–Kier alpha value is -3.07. The molecule has 3 aromatic rings. The highest BCUT2D eigenvalue weighted by molar-refractivity contribution is 9.10. The minimum Gasteiger partial charge on any atom is -0.492 e. The van der Waals surface area contributed by atoms with Crippen molar-refractivity contribution in [1.82, 2.24) is 5.43 Å². The van der Waals surface area contributed by atoms with Crippen LogP contribution in [0.5, 0.6) is 17.2 Å². The van der Waals surface area contributed by atoms with Crippen LogP contribution < -0.4 is 19.6 Å². The molecule has 0 aliphatic rings. The third-order valence-corrected chi connectivity index (χ3v) is 5.43. The van der Waals surface area contributed by atoms with Gasteiger partial charge in [0.05, 0.1) is 17.8 Å². The Bertz CT molecular complexity index is 1170. The SMILES string of the molecule is O=C(COc1ccc(Br)cc1)N/N=C/c1ccc(OC(=O)CCCOc2ccc(Cl)cc2Cl)cc1. The number of hydrazone groups is 1. The van der Waals surface area contributed by atoms with E-state index in [-0.39, 0.29) is 19.0 Å². The minimum absolute atomic E-state index is 0.161. The number of carbonyl (C=O) groups excluding carboxylic acids is 2. The van der Waals surface area contributed by atoms with Crippen molar-refractivity contribution in [1.29, 1.82) is 0 Å². The molecule has 0 saturated carbocycles. The van der Waals surface area contributed by atoms with Gasteiger partial charge in [0.25, 0.3) is 5.91 Å². The van der Waals surface area contributed by atoms with Crippen molar-refractivity contribution in [2.45, 2.75) is 12.8 Å². The van der Waals surface area contributed by atoms with Crippen LogP contribution in [-0.4, -0.2) is 31.3 Å². The molecule has 0 heterocycles. The first-order chi connectivity index (χ1) is 16.9. The maximum atomic E-state index is 12.0. The summed E-state index contributed by atoms with van der Waals surface area (Å²) in [4.78, 5) is 23.9. The molecule has 0 fully saturated rings. The number of rotatable bonds is 11. The van der Waals surface area contributed by atoms with Gasteiger partial charge >= 0.3 is 5.97 Å². The quantitative estimate of drug-likeness (QED) is 0.0982. The molecule has 7 nitrogen and oxygen atoms in total. The third-order valence-electron chi connectivity index (χ3n) is 4.37. The smallest absolute Gasteiger partial charge is 0.311 e. The summed E-state index contributed by atoms with van der Waals surface area (Å²) in [5.41, 5.74) is 3.11. The number of esters is 1. The molecule has 0 saturated heterocycles. The molecule has 1 N–H and O–H groups in total. The first-order valence-corrected chi connectivity index (χ1v) is 12.0. The highest BCUT2D eigenvalue weighted by atomic mass is 79.9.